The number of rotatable bonds is 25. The summed E-state index contributed by atoms with van der Waals surface area (Å²) in [4.78, 5) is 22.6. The van der Waals surface area contributed by atoms with Gasteiger partial charge >= 0.3 is 11.9 Å². The number of esters is 2. The molecule has 32 heavy (non-hydrogen) atoms. The summed E-state index contributed by atoms with van der Waals surface area (Å²) in [7, 11) is 0. The summed E-state index contributed by atoms with van der Waals surface area (Å²) in [6.45, 7) is 9.05. The Morgan fingerprint density at radius 3 is 1.41 bits per heavy atom. The van der Waals surface area contributed by atoms with Gasteiger partial charge in [-0.15, -0.1) is 0 Å². The summed E-state index contributed by atoms with van der Waals surface area (Å²) in [5, 5.41) is 0. The van der Waals surface area contributed by atoms with Crippen LogP contribution in [0.15, 0.2) is 0 Å². The molecule has 0 aliphatic rings. The molecule has 0 rings (SSSR count). The highest BCUT2D eigenvalue weighted by molar-refractivity contribution is 5.69. The second-order valence-electron chi connectivity index (χ2n) is 7.00. The van der Waals surface area contributed by atoms with Crippen molar-refractivity contribution < 1.29 is 42.7 Å². The summed E-state index contributed by atoms with van der Waals surface area (Å²) in [5.74, 6) is -0.399. The van der Waals surface area contributed by atoms with Crippen LogP contribution < -0.4 is 0 Å². The number of carbonyl (C=O) groups excluding carboxylic acids is 2. The van der Waals surface area contributed by atoms with Crippen molar-refractivity contribution >= 4 is 11.9 Å². The van der Waals surface area contributed by atoms with Crippen molar-refractivity contribution in [3.63, 3.8) is 0 Å². The number of hydrogen-bond donors (Lipinski definition) is 0. The van der Waals surface area contributed by atoms with Crippen molar-refractivity contribution in [3.8, 4) is 0 Å². The second-order valence-corrected chi connectivity index (χ2v) is 7.00. The monoisotopic (exact) mass is 464 g/mol. The van der Waals surface area contributed by atoms with Crippen LogP contribution in [-0.4, -0.2) is 91.2 Å². The van der Waals surface area contributed by atoms with Gasteiger partial charge in [0.15, 0.2) is 0 Å². The Balaban J connectivity index is 3.13. The summed E-state index contributed by atoms with van der Waals surface area (Å²) in [6.07, 6.45) is 6.34. The molecule has 0 fully saturated rings. The van der Waals surface area contributed by atoms with Crippen molar-refractivity contribution in [2.24, 2.45) is 0 Å². The fourth-order valence-electron chi connectivity index (χ4n) is 2.53. The minimum atomic E-state index is -0.250. The maximum atomic E-state index is 11.5. The lowest BCUT2D eigenvalue weighted by Crippen LogP contribution is -2.15. The van der Waals surface area contributed by atoms with Gasteiger partial charge < -0.3 is 33.2 Å². The van der Waals surface area contributed by atoms with Gasteiger partial charge in [0, 0.05) is 6.42 Å². The number of ether oxygens (including phenoxy) is 7. The van der Waals surface area contributed by atoms with Gasteiger partial charge in [0.05, 0.1) is 79.1 Å². The lowest BCUT2D eigenvalue weighted by molar-refractivity contribution is -0.146. The van der Waals surface area contributed by atoms with E-state index < -0.39 is 0 Å². The van der Waals surface area contributed by atoms with Crippen LogP contribution >= 0.6 is 0 Å². The molecular weight excluding hydrogens is 420 g/mol. The molecule has 0 saturated carbocycles. The fourth-order valence-corrected chi connectivity index (χ4v) is 2.53. The van der Waals surface area contributed by atoms with Crippen LogP contribution in [0.1, 0.15) is 58.8 Å². The lowest BCUT2D eigenvalue weighted by Gasteiger charge is -2.08. The Kier molecular flexibility index (Phi) is 25.0. The summed E-state index contributed by atoms with van der Waals surface area (Å²) in [6, 6.07) is 0. The fraction of sp³-hybridized carbons (Fsp3) is 0.913. The van der Waals surface area contributed by atoms with E-state index in [1.54, 1.807) is 6.92 Å². The van der Waals surface area contributed by atoms with E-state index in [9.17, 15) is 9.59 Å². The zero-order chi connectivity index (χ0) is 23.5. The van der Waals surface area contributed by atoms with Crippen LogP contribution in [-0.2, 0) is 42.7 Å². The standard InChI is InChI=1S/C23H44O9/c1-3-5-6-7-8-9-22(24)32-21-20-30-19-18-29-17-16-28-15-14-27-13-12-26-11-10-23(25)31-4-2/h3-21H2,1-2H3. The summed E-state index contributed by atoms with van der Waals surface area (Å²) < 4.78 is 36.7. The normalized spacial score (nSPS) is 10.9. The Hall–Kier alpha value is -1.26. The highest BCUT2D eigenvalue weighted by Crippen LogP contribution is 2.05. The van der Waals surface area contributed by atoms with Crippen LogP contribution in [0.2, 0.25) is 0 Å². The highest BCUT2D eigenvalue weighted by atomic mass is 16.6. The first-order chi connectivity index (χ1) is 15.7. The molecule has 9 heteroatoms. The van der Waals surface area contributed by atoms with Gasteiger partial charge in [-0.05, 0) is 13.3 Å². The molecule has 0 N–H and O–H groups in total. The van der Waals surface area contributed by atoms with Gasteiger partial charge in [-0.1, -0.05) is 32.6 Å². The second kappa shape index (κ2) is 26.0. The first kappa shape index (κ1) is 30.7. The van der Waals surface area contributed by atoms with Crippen molar-refractivity contribution in [2.45, 2.75) is 58.8 Å². The third-order valence-electron chi connectivity index (χ3n) is 4.22. The number of carbonyl (C=O) groups is 2. The quantitative estimate of drug-likeness (QED) is 0.149. The molecule has 190 valence electrons. The molecule has 0 heterocycles. The largest absolute Gasteiger partial charge is 0.466 e. The molecule has 0 aliphatic carbocycles. The first-order valence-electron chi connectivity index (χ1n) is 11.9. The van der Waals surface area contributed by atoms with Gasteiger partial charge in [-0.2, -0.15) is 0 Å². The first-order valence-corrected chi connectivity index (χ1v) is 11.9. The van der Waals surface area contributed by atoms with Crippen molar-refractivity contribution in [1.82, 2.24) is 0 Å². The van der Waals surface area contributed by atoms with E-state index in [2.05, 4.69) is 6.92 Å². The van der Waals surface area contributed by atoms with Gasteiger partial charge in [0.25, 0.3) is 0 Å². The van der Waals surface area contributed by atoms with Crippen LogP contribution in [0, 0.1) is 0 Å². The van der Waals surface area contributed by atoms with E-state index in [1.807, 2.05) is 0 Å². The van der Waals surface area contributed by atoms with Crippen LogP contribution in [0.25, 0.3) is 0 Å². The van der Waals surface area contributed by atoms with Gasteiger partial charge in [-0.3, -0.25) is 9.59 Å². The van der Waals surface area contributed by atoms with Crippen molar-refractivity contribution in [3.05, 3.63) is 0 Å². The molecule has 0 aliphatic heterocycles. The zero-order valence-corrected chi connectivity index (χ0v) is 20.1. The van der Waals surface area contributed by atoms with Gasteiger partial charge in [0.1, 0.15) is 6.61 Å². The van der Waals surface area contributed by atoms with E-state index in [-0.39, 0.29) is 25.0 Å². The minimum Gasteiger partial charge on any atom is -0.466 e. The molecule has 9 nitrogen and oxygen atoms in total. The van der Waals surface area contributed by atoms with Crippen molar-refractivity contribution in [2.75, 3.05) is 79.3 Å². The maximum absolute atomic E-state index is 11.5. The molecular formula is C23H44O9. The Labute approximate surface area is 193 Å². The van der Waals surface area contributed by atoms with Gasteiger partial charge in [0.2, 0.25) is 0 Å². The topological polar surface area (TPSA) is 98.8 Å². The molecule has 0 atom stereocenters. The minimum absolute atomic E-state index is 0.149. The summed E-state index contributed by atoms with van der Waals surface area (Å²) >= 11 is 0. The molecule has 0 aromatic heterocycles. The molecule has 0 aromatic rings. The average molecular weight is 465 g/mol. The molecule has 0 amide bonds. The maximum Gasteiger partial charge on any atom is 0.308 e. The zero-order valence-electron chi connectivity index (χ0n) is 20.1. The Morgan fingerprint density at radius 1 is 0.469 bits per heavy atom. The Bertz CT molecular complexity index is 418. The van der Waals surface area contributed by atoms with Crippen LogP contribution in [0.5, 0.6) is 0 Å². The smallest absolute Gasteiger partial charge is 0.308 e. The highest BCUT2D eigenvalue weighted by Gasteiger charge is 2.02. The molecule has 0 saturated heterocycles. The third kappa shape index (κ3) is 25.0. The molecule has 0 spiro atoms. The van der Waals surface area contributed by atoms with Crippen LogP contribution in [0.3, 0.4) is 0 Å². The number of unbranched alkanes of at least 4 members (excludes halogenated alkanes) is 4. The predicted octanol–water partition coefficient (Wildman–Crippen LogP) is 2.93. The SMILES string of the molecule is CCCCCCCC(=O)OCCOCCOCCOCCOCCOCCC(=O)OCC. The molecule has 0 unspecified atom stereocenters. The van der Waals surface area contributed by atoms with E-state index in [1.165, 1.54) is 19.3 Å². The molecule has 0 radical (unpaired) electrons. The number of hydrogen-bond acceptors (Lipinski definition) is 9. The lowest BCUT2D eigenvalue weighted by atomic mass is 10.1. The predicted molar refractivity (Wildman–Crippen MR) is 120 cm³/mol. The molecule has 0 bridgehead atoms. The average Bonchev–Trinajstić information content (AvgIpc) is 2.78. The van der Waals surface area contributed by atoms with E-state index in [0.29, 0.717) is 79.1 Å². The van der Waals surface area contributed by atoms with E-state index >= 15 is 0 Å². The van der Waals surface area contributed by atoms with E-state index in [0.717, 1.165) is 12.8 Å². The summed E-state index contributed by atoms with van der Waals surface area (Å²) in [5.41, 5.74) is 0. The Morgan fingerprint density at radius 2 is 0.906 bits per heavy atom. The van der Waals surface area contributed by atoms with Crippen molar-refractivity contribution in [1.29, 1.82) is 0 Å². The van der Waals surface area contributed by atoms with Crippen LogP contribution in [0.4, 0.5) is 0 Å². The molecule has 0 aromatic carbocycles. The van der Waals surface area contributed by atoms with Gasteiger partial charge in [-0.25, -0.2) is 0 Å². The third-order valence-corrected chi connectivity index (χ3v) is 4.22. The van der Waals surface area contributed by atoms with E-state index in [4.69, 9.17) is 33.2 Å².